The molecule has 25 heavy (non-hydrogen) atoms. The summed E-state index contributed by atoms with van der Waals surface area (Å²) in [5, 5.41) is 7.20. The Morgan fingerprint density at radius 2 is 1.72 bits per heavy atom. The summed E-state index contributed by atoms with van der Waals surface area (Å²) in [7, 11) is 1.66. The average Bonchev–Trinajstić information content (AvgIpc) is 2.62. The SMILES string of the molecule is COc1ccc(CNc2cc(C)nc(Nc3ccc(Cl)cc3)n2)cc1. The molecule has 0 spiro atoms. The first kappa shape index (κ1) is 17.0. The van der Waals surface area contributed by atoms with E-state index in [0.29, 0.717) is 17.5 Å². The molecule has 0 atom stereocenters. The van der Waals surface area contributed by atoms with Crippen LogP contribution in [0.3, 0.4) is 0 Å². The molecule has 0 saturated carbocycles. The highest BCUT2D eigenvalue weighted by atomic mass is 35.5. The number of nitrogens with zero attached hydrogens (tertiary/aromatic N) is 2. The Kier molecular flexibility index (Phi) is 5.36. The van der Waals surface area contributed by atoms with Crippen molar-refractivity contribution in [2.45, 2.75) is 13.5 Å². The molecule has 3 aromatic rings. The molecule has 0 saturated heterocycles. The van der Waals surface area contributed by atoms with Crippen LogP contribution in [0.25, 0.3) is 0 Å². The summed E-state index contributed by atoms with van der Waals surface area (Å²) in [4.78, 5) is 8.93. The molecular weight excluding hydrogens is 336 g/mol. The molecule has 0 radical (unpaired) electrons. The van der Waals surface area contributed by atoms with Crippen molar-refractivity contribution in [2.24, 2.45) is 0 Å². The largest absolute Gasteiger partial charge is 0.497 e. The van der Waals surface area contributed by atoms with Crippen molar-refractivity contribution in [1.29, 1.82) is 0 Å². The summed E-state index contributed by atoms with van der Waals surface area (Å²) in [5.74, 6) is 2.15. The molecule has 5 nitrogen and oxygen atoms in total. The number of nitrogens with one attached hydrogen (secondary N) is 2. The fourth-order valence-electron chi connectivity index (χ4n) is 2.31. The summed E-state index contributed by atoms with van der Waals surface area (Å²) >= 11 is 5.91. The zero-order valence-corrected chi connectivity index (χ0v) is 14.8. The molecule has 0 aliphatic carbocycles. The minimum Gasteiger partial charge on any atom is -0.497 e. The lowest BCUT2D eigenvalue weighted by Gasteiger charge is -2.10. The van der Waals surface area contributed by atoms with Gasteiger partial charge in [0.1, 0.15) is 11.6 Å². The number of hydrogen-bond donors (Lipinski definition) is 2. The molecule has 0 fully saturated rings. The van der Waals surface area contributed by atoms with Crippen LogP contribution in [0.2, 0.25) is 5.02 Å². The minimum atomic E-state index is 0.541. The Bertz CT molecular complexity index is 835. The summed E-state index contributed by atoms with van der Waals surface area (Å²) in [6.07, 6.45) is 0. The number of ether oxygens (including phenoxy) is 1. The van der Waals surface area contributed by atoms with Crippen LogP contribution >= 0.6 is 11.6 Å². The number of halogens is 1. The van der Waals surface area contributed by atoms with E-state index in [-0.39, 0.29) is 0 Å². The number of rotatable bonds is 6. The van der Waals surface area contributed by atoms with E-state index in [1.165, 1.54) is 0 Å². The Hall–Kier alpha value is -2.79. The topological polar surface area (TPSA) is 59.1 Å². The van der Waals surface area contributed by atoms with Gasteiger partial charge in [0, 0.05) is 29.0 Å². The second-order valence-electron chi connectivity index (χ2n) is 5.55. The maximum Gasteiger partial charge on any atom is 0.229 e. The van der Waals surface area contributed by atoms with Gasteiger partial charge in [-0.15, -0.1) is 0 Å². The Balaban J connectivity index is 1.69. The van der Waals surface area contributed by atoms with Crippen molar-refractivity contribution in [2.75, 3.05) is 17.7 Å². The normalized spacial score (nSPS) is 10.4. The van der Waals surface area contributed by atoms with Crippen molar-refractivity contribution in [1.82, 2.24) is 9.97 Å². The van der Waals surface area contributed by atoms with E-state index in [0.717, 1.165) is 28.5 Å². The lowest BCUT2D eigenvalue weighted by molar-refractivity contribution is 0.414. The van der Waals surface area contributed by atoms with E-state index in [4.69, 9.17) is 16.3 Å². The molecule has 0 amide bonds. The van der Waals surface area contributed by atoms with Crippen molar-refractivity contribution in [3.05, 3.63) is 70.9 Å². The van der Waals surface area contributed by atoms with Gasteiger partial charge in [-0.25, -0.2) is 4.98 Å². The van der Waals surface area contributed by atoms with Gasteiger partial charge in [0.25, 0.3) is 0 Å². The lowest BCUT2D eigenvalue weighted by atomic mass is 10.2. The first-order valence-electron chi connectivity index (χ1n) is 7.87. The molecule has 0 aliphatic rings. The molecule has 1 aromatic heterocycles. The van der Waals surface area contributed by atoms with Crippen LogP contribution in [-0.4, -0.2) is 17.1 Å². The highest BCUT2D eigenvalue weighted by molar-refractivity contribution is 6.30. The maximum absolute atomic E-state index is 5.91. The fraction of sp³-hybridized carbons (Fsp3) is 0.158. The Morgan fingerprint density at radius 3 is 2.40 bits per heavy atom. The fourth-order valence-corrected chi connectivity index (χ4v) is 2.44. The second-order valence-corrected chi connectivity index (χ2v) is 5.99. The van der Waals surface area contributed by atoms with Gasteiger partial charge in [0.2, 0.25) is 5.95 Å². The highest BCUT2D eigenvalue weighted by Gasteiger charge is 2.04. The molecule has 1 heterocycles. The molecule has 6 heteroatoms. The van der Waals surface area contributed by atoms with Crippen LogP contribution in [0.4, 0.5) is 17.5 Å². The van der Waals surface area contributed by atoms with Gasteiger partial charge in [0.15, 0.2) is 0 Å². The quantitative estimate of drug-likeness (QED) is 0.665. The first-order chi connectivity index (χ1) is 12.1. The predicted octanol–water partition coefficient (Wildman–Crippen LogP) is 4.80. The number of aryl methyl sites for hydroxylation is 1. The number of hydrogen-bond acceptors (Lipinski definition) is 5. The maximum atomic E-state index is 5.91. The third kappa shape index (κ3) is 4.84. The number of benzene rings is 2. The predicted molar refractivity (Wildman–Crippen MR) is 102 cm³/mol. The van der Waals surface area contributed by atoms with Crippen LogP contribution in [-0.2, 0) is 6.54 Å². The molecule has 3 rings (SSSR count). The minimum absolute atomic E-state index is 0.541. The van der Waals surface area contributed by atoms with Gasteiger partial charge in [-0.1, -0.05) is 23.7 Å². The van der Waals surface area contributed by atoms with Crippen molar-refractivity contribution < 1.29 is 4.74 Å². The number of anilines is 3. The van der Waals surface area contributed by atoms with Crippen molar-refractivity contribution >= 4 is 29.1 Å². The third-order valence-electron chi connectivity index (χ3n) is 3.59. The Morgan fingerprint density at radius 1 is 1.00 bits per heavy atom. The van der Waals surface area contributed by atoms with E-state index in [1.54, 1.807) is 7.11 Å². The zero-order chi connectivity index (χ0) is 17.6. The molecule has 128 valence electrons. The first-order valence-corrected chi connectivity index (χ1v) is 8.25. The zero-order valence-electron chi connectivity index (χ0n) is 14.1. The van der Waals surface area contributed by atoms with Gasteiger partial charge < -0.3 is 15.4 Å². The molecule has 2 N–H and O–H groups in total. The smallest absolute Gasteiger partial charge is 0.229 e. The second kappa shape index (κ2) is 7.85. The van der Waals surface area contributed by atoms with Gasteiger partial charge >= 0.3 is 0 Å². The van der Waals surface area contributed by atoms with E-state index in [9.17, 15) is 0 Å². The summed E-state index contributed by atoms with van der Waals surface area (Å²) in [6.45, 7) is 2.61. The monoisotopic (exact) mass is 354 g/mol. The molecule has 0 aliphatic heterocycles. The van der Waals surface area contributed by atoms with Gasteiger partial charge in [-0.05, 0) is 48.9 Å². The lowest BCUT2D eigenvalue weighted by Crippen LogP contribution is -2.05. The van der Waals surface area contributed by atoms with Gasteiger partial charge in [-0.3, -0.25) is 0 Å². The van der Waals surface area contributed by atoms with Crippen LogP contribution < -0.4 is 15.4 Å². The summed E-state index contributed by atoms with van der Waals surface area (Å²) < 4.78 is 5.17. The number of methoxy groups -OCH3 is 1. The summed E-state index contributed by atoms with van der Waals surface area (Å²) in [6, 6.07) is 17.3. The molecular formula is C19H19ClN4O. The molecule has 0 bridgehead atoms. The van der Waals surface area contributed by atoms with Crippen LogP contribution in [0.5, 0.6) is 5.75 Å². The van der Waals surface area contributed by atoms with Gasteiger partial charge in [0.05, 0.1) is 7.11 Å². The van der Waals surface area contributed by atoms with E-state index in [2.05, 4.69) is 20.6 Å². The van der Waals surface area contributed by atoms with E-state index in [1.807, 2.05) is 61.5 Å². The van der Waals surface area contributed by atoms with Crippen molar-refractivity contribution in [3.63, 3.8) is 0 Å². The summed E-state index contributed by atoms with van der Waals surface area (Å²) in [5.41, 5.74) is 2.91. The van der Waals surface area contributed by atoms with Crippen LogP contribution in [0.1, 0.15) is 11.3 Å². The standard InChI is InChI=1S/C19H19ClN4O/c1-13-11-18(21-12-14-3-9-17(25-2)10-4-14)24-19(22-13)23-16-7-5-15(20)6-8-16/h3-11H,12H2,1-2H3,(H2,21,22,23,24). The highest BCUT2D eigenvalue weighted by Crippen LogP contribution is 2.19. The molecule has 0 unspecified atom stereocenters. The van der Waals surface area contributed by atoms with Gasteiger partial charge in [-0.2, -0.15) is 4.98 Å². The molecule has 2 aromatic carbocycles. The van der Waals surface area contributed by atoms with Crippen molar-refractivity contribution in [3.8, 4) is 5.75 Å². The van der Waals surface area contributed by atoms with Crippen LogP contribution in [0.15, 0.2) is 54.6 Å². The number of aromatic nitrogens is 2. The third-order valence-corrected chi connectivity index (χ3v) is 3.84. The van der Waals surface area contributed by atoms with E-state index >= 15 is 0 Å². The van der Waals surface area contributed by atoms with Crippen LogP contribution in [0, 0.1) is 6.92 Å². The van der Waals surface area contributed by atoms with E-state index < -0.39 is 0 Å². The Labute approximate surface area is 152 Å². The average molecular weight is 355 g/mol.